The van der Waals surface area contributed by atoms with E-state index >= 15 is 0 Å². The fourth-order valence-corrected chi connectivity index (χ4v) is 3.17. The number of nitriles is 1. The highest BCUT2D eigenvalue weighted by Crippen LogP contribution is 2.15. The molecule has 118 valence electrons. The largest absolute Gasteiger partial charge is 0.447 e. The molecule has 7 nitrogen and oxygen atoms in total. The third-order valence-corrected chi connectivity index (χ3v) is 4.59. The van der Waals surface area contributed by atoms with Crippen LogP contribution in [0.25, 0.3) is 0 Å². The third-order valence-electron chi connectivity index (χ3n) is 3.17. The molecule has 22 heavy (non-hydrogen) atoms. The van der Waals surface area contributed by atoms with Crippen molar-refractivity contribution in [2.75, 3.05) is 19.8 Å². The number of ether oxygens (including phenoxy) is 2. The summed E-state index contributed by atoms with van der Waals surface area (Å²) in [5.41, 5.74) is 0.0789. The fourth-order valence-electron chi connectivity index (χ4n) is 2.06. The first kappa shape index (κ1) is 16.4. The van der Waals surface area contributed by atoms with Crippen LogP contribution in [0.15, 0.2) is 29.2 Å². The van der Waals surface area contributed by atoms with Gasteiger partial charge < -0.3 is 9.47 Å². The molecule has 1 aromatic carbocycles. The predicted octanol–water partition coefficient (Wildman–Crippen LogP) is 0.824. The number of esters is 1. The molecule has 0 saturated carbocycles. The second-order valence-corrected chi connectivity index (χ2v) is 6.52. The number of hydrogen-bond acceptors (Lipinski definition) is 6. The average Bonchev–Trinajstić information content (AvgIpc) is 3.04. The maximum Gasteiger partial charge on any atom is 0.339 e. The number of sulfonamides is 1. The molecule has 1 fully saturated rings. The van der Waals surface area contributed by atoms with Crippen molar-refractivity contribution in [2.24, 2.45) is 0 Å². The van der Waals surface area contributed by atoms with Gasteiger partial charge in [0.1, 0.15) is 6.07 Å². The summed E-state index contributed by atoms with van der Waals surface area (Å²) >= 11 is 0. The molecule has 0 aliphatic carbocycles. The van der Waals surface area contributed by atoms with E-state index in [1.54, 1.807) is 6.07 Å². The smallest absolute Gasteiger partial charge is 0.339 e. The number of carbonyl (C=O) groups is 1. The summed E-state index contributed by atoms with van der Waals surface area (Å²) in [5, 5.41) is 8.37. The molecule has 2 rings (SSSR count). The Hall–Kier alpha value is -1.95. The topological polar surface area (TPSA) is 105 Å². The van der Waals surface area contributed by atoms with Crippen LogP contribution in [-0.2, 0) is 19.5 Å². The summed E-state index contributed by atoms with van der Waals surface area (Å²) in [5.74, 6) is -0.738. The predicted molar refractivity (Wildman–Crippen MR) is 76.5 cm³/mol. The highest BCUT2D eigenvalue weighted by molar-refractivity contribution is 7.89. The SMILES string of the molecule is N#CCOC(=O)c1cccc(S(=O)(=O)NC[C@@H]2CCCO2)c1. The number of rotatable bonds is 6. The third kappa shape index (κ3) is 4.27. The normalized spacial score (nSPS) is 17.9. The first-order chi connectivity index (χ1) is 10.5. The van der Waals surface area contributed by atoms with Gasteiger partial charge in [-0.3, -0.25) is 0 Å². The molecule has 1 atom stereocenters. The van der Waals surface area contributed by atoms with Gasteiger partial charge in [-0.25, -0.2) is 17.9 Å². The van der Waals surface area contributed by atoms with Gasteiger partial charge in [0, 0.05) is 13.2 Å². The van der Waals surface area contributed by atoms with Gasteiger partial charge in [-0.05, 0) is 31.0 Å². The molecule has 0 bridgehead atoms. The van der Waals surface area contributed by atoms with Gasteiger partial charge in [0.15, 0.2) is 6.61 Å². The first-order valence-electron chi connectivity index (χ1n) is 6.78. The molecule has 1 aliphatic heterocycles. The van der Waals surface area contributed by atoms with Gasteiger partial charge in [0.2, 0.25) is 10.0 Å². The number of nitrogens with one attached hydrogen (secondary N) is 1. The Morgan fingerprint density at radius 1 is 1.50 bits per heavy atom. The van der Waals surface area contributed by atoms with E-state index in [-0.39, 0.29) is 29.7 Å². The lowest BCUT2D eigenvalue weighted by Gasteiger charge is -2.11. The lowest BCUT2D eigenvalue weighted by atomic mass is 10.2. The minimum Gasteiger partial charge on any atom is -0.447 e. The zero-order valence-corrected chi connectivity index (χ0v) is 12.6. The molecule has 0 amide bonds. The second-order valence-electron chi connectivity index (χ2n) is 4.75. The number of carbonyl (C=O) groups excluding carboxylic acids is 1. The van der Waals surface area contributed by atoms with Gasteiger partial charge in [-0.15, -0.1) is 0 Å². The fraction of sp³-hybridized carbons (Fsp3) is 0.429. The molecule has 0 radical (unpaired) electrons. The first-order valence-corrected chi connectivity index (χ1v) is 8.26. The Kier molecular flexibility index (Phi) is 5.49. The number of hydrogen-bond donors (Lipinski definition) is 1. The lowest BCUT2D eigenvalue weighted by Crippen LogP contribution is -2.31. The minimum atomic E-state index is -3.73. The van der Waals surface area contributed by atoms with Crippen molar-refractivity contribution in [3.8, 4) is 6.07 Å². The van der Waals surface area contributed by atoms with Crippen LogP contribution in [0, 0.1) is 11.3 Å². The average molecular weight is 324 g/mol. The summed E-state index contributed by atoms with van der Waals surface area (Å²) < 4.78 is 36.9. The van der Waals surface area contributed by atoms with Crippen LogP contribution in [0.1, 0.15) is 23.2 Å². The standard InChI is InChI=1S/C14H16N2O5S/c15-6-8-21-14(17)11-3-1-5-13(9-11)22(18,19)16-10-12-4-2-7-20-12/h1,3,5,9,12,16H,2,4,7-8,10H2/t12-/m0/s1. The van der Waals surface area contributed by atoms with Crippen molar-refractivity contribution in [1.29, 1.82) is 5.26 Å². The maximum atomic E-state index is 12.2. The Bertz CT molecular complexity index is 675. The van der Waals surface area contributed by atoms with E-state index in [2.05, 4.69) is 9.46 Å². The summed E-state index contributed by atoms with van der Waals surface area (Å²) in [6, 6.07) is 7.16. The van der Waals surface area contributed by atoms with Crippen LogP contribution in [0.5, 0.6) is 0 Å². The Morgan fingerprint density at radius 3 is 3.00 bits per heavy atom. The maximum absolute atomic E-state index is 12.2. The van der Waals surface area contributed by atoms with Crippen molar-refractivity contribution in [3.63, 3.8) is 0 Å². The van der Waals surface area contributed by atoms with E-state index in [4.69, 9.17) is 10.00 Å². The van der Waals surface area contributed by atoms with Crippen molar-refractivity contribution in [3.05, 3.63) is 29.8 Å². The van der Waals surface area contributed by atoms with Crippen LogP contribution >= 0.6 is 0 Å². The Balaban J connectivity index is 2.06. The van der Waals surface area contributed by atoms with E-state index < -0.39 is 16.0 Å². The molecular formula is C14H16N2O5S. The molecule has 1 saturated heterocycles. The van der Waals surface area contributed by atoms with E-state index in [0.29, 0.717) is 6.61 Å². The van der Waals surface area contributed by atoms with Gasteiger partial charge in [0.25, 0.3) is 0 Å². The molecule has 1 aliphatic rings. The van der Waals surface area contributed by atoms with Crippen molar-refractivity contribution in [2.45, 2.75) is 23.8 Å². The number of nitrogens with zero attached hydrogens (tertiary/aromatic N) is 1. The lowest BCUT2D eigenvalue weighted by molar-refractivity contribution is 0.0554. The zero-order valence-electron chi connectivity index (χ0n) is 11.8. The highest BCUT2D eigenvalue weighted by Gasteiger charge is 2.21. The van der Waals surface area contributed by atoms with Crippen molar-refractivity contribution >= 4 is 16.0 Å². The highest BCUT2D eigenvalue weighted by atomic mass is 32.2. The van der Waals surface area contributed by atoms with Crippen molar-refractivity contribution in [1.82, 2.24) is 4.72 Å². The molecule has 1 N–H and O–H groups in total. The summed E-state index contributed by atoms with van der Waals surface area (Å²) in [4.78, 5) is 11.6. The van der Waals surface area contributed by atoms with Crippen LogP contribution in [-0.4, -0.2) is 40.2 Å². The Morgan fingerprint density at radius 2 is 2.32 bits per heavy atom. The molecule has 1 heterocycles. The van der Waals surface area contributed by atoms with Crippen LogP contribution in [0.3, 0.4) is 0 Å². The monoisotopic (exact) mass is 324 g/mol. The van der Waals surface area contributed by atoms with E-state index in [1.807, 2.05) is 0 Å². The van der Waals surface area contributed by atoms with Crippen molar-refractivity contribution < 1.29 is 22.7 Å². The van der Waals surface area contributed by atoms with Crippen LogP contribution in [0.4, 0.5) is 0 Å². The van der Waals surface area contributed by atoms with E-state index in [9.17, 15) is 13.2 Å². The van der Waals surface area contributed by atoms with Crippen LogP contribution < -0.4 is 4.72 Å². The summed E-state index contributed by atoms with van der Waals surface area (Å²) in [6.45, 7) is 0.463. The van der Waals surface area contributed by atoms with Gasteiger partial charge >= 0.3 is 5.97 Å². The molecule has 1 aromatic rings. The van der Waals surface area contributed by atoms with E-state index in [1.165, 1.54) is 24.3 Å². The Labute approximate surface area is 128 Å². The van der Waals surface area contributed by atoms with Gasteiger partial charge in [0.05, 0.1) is 16.6 Å². The molecule has 0 aromatic heterocycles. The zero-order chi connectivity index (χ0) is 16.0. The van der Waals surface area contributed by atoms with Gasteiger partial charge in [-0.1, -0.05) is 6.07 Å². The minimum absolute atomic E-state index is 0.0306. The number of benzene rings is 1. The quantitative estimate of drug-likeness (QED) is 0.777. The van der Waals surface area contributed by atoms with Crippen LogP contribution in [0.2, 0.25) is 0 Å². The molecule has 0 spiro atoms. The molecule has 0 unspecified atom stereocenters. The molecule has 8 heteroatoms. The van der Waals surface area contributed by atoms with Gasteiger partial charge in [-0.2, -0.15) is 5.26 Å². The summed E-state index contributed by atoms with van der Waals surface area (Å²) in [7, 11) is -3.73. The summed E-state index contributed by atoms with van der Waals surface area (Å²) in [6.07, 6.45) is 1.63. The molecular weight excluding hydrogens is 308 g/mol. The second kappa shape index (κ2) is 7.35. The van der Waals surface area contributed by atoms with E-state index in [0.717, 1.165) is 12.8 Å².